The summed E-state index contributed by atoms with van der Waals surface area (Å²) in [5.74, 6) is -0.305. The van der Waals surface area contributed by atoms with Crippen molar-refractivity contribution in [1.29, 1.82) is 0 Å². The lowest BCUT2D eigenvalue weighted by Crippen LogP contribution is -2.47. The van der Waals surface area contributed by atoms with Crippen molar-refractivity contribution in [2.75, 3.05) is 18.4 Å². The first-order chi connectivity index (χ1) is 10.8. The number of benzene rings is 1. The number of carbonyl (C=O) groups is 2. The van der Waals surface area contributed by atoms with Crippen LogP contribution in [0, 0.1) is 19.3 Å². The van der Waals surface area contributed by atoms with Gasteiger partial charge in [-0.25, -0.2) is 0 Å². The van der Waals surface area contributed by atoms with E-state index in [1.165, 1.54) is 12.8 Å². The minimum absolute atomic E-state index is 0.0679. The van der Waals surface area contributed by atoms with Gasteiger partial charge >= 0.3 is 0 Å². The number of nitrogens with zero attached hydrogens (tertiary/aromatic N) is 1. The zero-order chi connectivity index (χ0) is 17.0. The van der Waals surface area contributed by atoms with Crippen molar-refractivity contribution in [1.82, 2.24) is 4.90 Å². The number of likely N-dealkylation sites (tertiary alicyclic amines) is 1. The molecule has 0 aliphatic carbocycles. The Labute approximate surface area is 139 Å². The van der Waals surface area contributed by atoms with Crippen LogP contribution in [-0.2, 0) is 9.59 Å². The summed E-state index contributed by atoms with van der Waals surface area (Å²) in [5.41, 5.74) is 1.89. The molecular weight excluding hydrogens is 288 g/mol. The highest BCUT2D eigenvalue weighted by molar-refractivity contribution is 6.10. The number of hydrogen-bond donors (Lipinski definition) is 1. The molecule has 0 atom stereocenters. The molecule has 1 aliphatic heterocycles. The Morgan fingerprint density at radius 1 is 1.04 bits per heavy atom. The van der Waals surface area contributed by atoms with Gasteiger partial charge in [0.05, 0.1) is 0 Å². The van der Waals surface area contributed by atoms with Crippen LogP contribution in [-0.4, -0.2) is 29.8 Å². The maximum atomic E-state index is 12.8. The number of nitrogens with one attached hydrogen (secondary N) is 1. The zero-order valence-corrected chi connectivity index (χ0v) is 14.7. The number of aryl methyl sites for hydroxylation is 2. The summed E-state index contributed by atoms with van der Waals surface area (Å²) >= 11 is 0. The molecule has 0 aromatic heterocycles. The van der Waals surface area contributed by atoms with E-state index in [9.17, 15) is 9.59 Å². The number of hydrogen-bond acceptors (Lipinski definition) is 2. The van der Waals surface area contributed by atoms with E-state index >= 15 is 0 Å². The van der Waals surface area contributed by atoms with Crippen molar-refractivity contribution in [3.05, 3.63) is 29.3 Å². The highest BCUT2D eigenvalue weighted by Crippen LogP contribution is 2.25. The number of anilines is 1. The summed E-state index contributed by atoms with van der Waals surface area (Å²) in [6.45, 7) is 8.95. The molecule has 1 saturated heterocycles. The van der Waals surface area contributed by atoms with Gasteiger partial charge in [0.2, 0.25) is 11.8 Å². The number of carbonyl (C=O) groups excluding carboxylic acids is 2. The van der Waals surface area contributed by atoms with Crippen LogP contribution in [0.15, 0.2) is 18.2 Å². The molecule has 4 nitrogen and oxygen atoms in total. The number of rotatable bonds is 3. The second-order valence-corrected chi connectivity index (χ2v) is 7.10. The fourth-order valence-electron chi connectivity index (χ4n) is 3.00. The van der Waals surface area contributed by atoms with Crippen molar-refractivity contribution in [2.45, 2.75) is 53.4 Å². The lowest BCUT2D eigenvalue weighted by molar-refractivity contribution is -0.146. The third kappa shape index (κ3) is 4.12. The van der Waals surface area contributed by atoms with Crippen LogP contribution in [0.25, 0.3) is 0 Å². The molecule has 0 spiro atoms. The maximum absolute atomic E-state index is 12.8. The number of amides is 2. The topological polar surface area (TPSA) is 49.4 Å². The van der Waals surface area contributed by atoms with Crippen molar-refractivity contribution in [3.8, 4) is 0 Å². The Balaban J connectivity index is 2.10. The Bertz CT molecular complexity index is 585. The normalized spacial score (nSPS) is 15.9. The molecule has 1 aromatic rings. The Morgan fingerprint density at radius 3 is 2.22 bits per heavy atom. The van der Waals surface area contributed by atoms with Crippen LogP contribution >= 0.6 is 0 Å². The van der Waals surface area contributed by atoms with Crippen molar-refractivity contribution in [2.24, 2.45) is 5.41 Å². The highest BCUT2D eigenvalue weighted by Gasteiger charge is 2.39. The molecule has 0 radical (unpaired) electrons. The summed E-state index contributed by atoms with van der Waals surface area (Å²) in [6, 6.07) is 5.89. The summed E-state index contributed by atoms with van der Waals surface area (Å²) in [7, 11) is 0. The minimum Gasteiger partial charge on any atom is -0.342 e. The summed E-state index contributed by atoms with van der Waals surface area (Å²) in [4.78, 5) is 27.3. The minimum atomic E-state index is -1.05. The molecular formula is C19H28N2O2. The molecule has 1 aromatic carbocycles. The van der Waals surface area contributed by atoms with Crippen LogP contribution in [0.4, 0.5) is 5.69 Å². The van der Waals surface area contributed by atoms with E-state index in [1.807, 2.05) is 36.9 Å². The van der Waals surface area contributed by atoms with Crippen LogP contribution < -0.4 is 5.32 Å². The smallest absolute Gasteiger partial charge is 0.239 e. The summed E-state index contributed by atoms with van der Waals surface area (Å²) in [6.07, 6.45) is 4.39. The van der Waals surface area contributed by atoms with E-state index in [0.717, 1.165) is 42.7 Å². The molecule has 1 aliphatic rings. The van der Waals surface area contributed by atoms with Gasteiger partial charge in [-0.15, -0.1) is 0 Å². The lowest BCUT2D eigenvalue weighted by atomic mass is 9.89. The van der Waals surface area contributed by atoms with Gasteiger partial charge in [0.1, 0.15) is 5.41 Å². The fourth-order valence-corrected chi connectivity index (χ4v) is 3.00. The largest absolute Gasteiger partial charge is 0.342 e. The van der Waals surface area contributed by atoms with E-state index in [4.69, 9.17) is 0 Å². The monoisotopic (exact) mass is 316 g/mol. The van der Waals surface area contributed by atoms with Gasteiger partial charge in [-0.3, -0.25) is 9.59 Å². The Morgan fingerprint density at radius 2 is 1.65 bits per heavy atom. The first-order valence-corrected chi connectivity index (χ1v) is 8.50. The van der Waals surface area contributed by atoms with Gasteiger partial charge in [0, 0.05) is 18.8 Å². The van der Waals surface area contributed by atoms with E-state index in [0.29, 0.717) is 0 Å². The molecule has 4 heteroatoms. The quantitative estimate of drug-likeness (QED) is 0.865. The van der Waals surface area contributed by atoms with Gasteiger partial charge in [-0.2, -0.15) is 0 Å². The van der Waals surface area contributed by atoms with E-state index in [1.54, 1.807) is 13.8 Å². The second-order valence-electron chi connectivity index (χ2n) is 7.10. The lowest BCUT2D eigenvalue weighted by Gasteiger charge is -2.30. The SMILES string of the molecule is Cc1ccc(NC(=O)C(C)(C)C(=O)N2CCCCCC2)c(C)c1. The molecule has 1 fully saturated rings. The van der Waals surface area contributed by atoms with Crippen LogP contribution in [0.5, 0.6) is 0 Å². The van der Waals surface area contributed by atoms with E-state index in [-0.39, 0.29) is 11.8 Å². The molecule has 23 heavy (non-hydrogen) atoms. The molecule has 2 amide bonds. The average Bonchev–Trinajstić information content (AvgIpc) is 2.78. The maximum Gasteiger partial charge on any atom is 0.239 e. The molecule has 0 bridgehead atoms. The van der Waals surface area contributed by atoms with Gasteiger partial charge in [-0.05, 0) is 52.2 Å². The fraction of sp³-hybridized carbons (Fsp3) is 0.579. The Kier molecular flexibility index (Phi) is 5.45. The Hall–Kier alpha value is -1.84. The van der Waals surface area contributed by atoms with Gasteiger partial charge in [0.25, 0.3) is 0 Å². The molecule has 0 saturated carbocycles. The highest BCUT2D eigenvalue weighted by atomic mass is 16.2. The second kappa shape index (κ2) is 7.16. The molecule has 1 N–H and O–H groups in total. The van der Waals surface area contributed by atoms with Gasteiger partial charge < -0.3 is 10.2 Å². The third-order valence-electron chi connectivity index (χ3n) is 4.63. The van der Waals surface area contributed by atoms with E-state index in [2.05, 4.69) is 5.32 Å². The van der Waals surface area contributed by atoms with Crippen molar-refractivity contribution >= 4 is 17.5 Å². The molecule has 1 heterocycles. The first kappa shape index (κ1) is 17.5. The van der Waals surface area contributed by atoms with Gasteiger partial charge in [-0.1, -0.05) is 30.5 Å². The van der Waals surface area contributed by atoms with Crippen molar-refractivity contribution in [3.63, 3.8) is 0 Å². The molecule has 126 valence electrons. The van der Waals surface area contributed by atoms with Crippen LogP contribution in [0.1, 0.15) is 50.7 Å². The standard InChI is InChI=1S/C19H28N2O2/c1-14-9-10-16(15(2)13-14)20-17(22)19(3,4)18(23)21-11-7-5-6-8-12-21/h9-10,13H,5-8,11-12H2,1-4H3,(H,20,22). The first-order valence-electron chi connectivity index (χ1n) is 8.50. The van der Waals surface area contributed by atoms with E-state index < -0.39 is 5.41 Å². The zero-order valence-electron chi connectivity index (χ0n) is 14.7. The van der Waals surface area contributed by atoms with Gasteiger partial charge in [0.15, 0.2) is 0 Å². The summed E-state index contributed by atoms with van der Waals surface area (Å²) in [5, 5.41) is 2.93. The third-order valence-corrected chi connectivity index (χ3v) is 4.63. The predicted molar refractivity (Wildman–Crippen MR) is 93.4 cm³/mol. The average molecular weight is 316 g/mol. The molecule has 2 rings (SSSR count). The van der Waals surface area contributed by atoms with Crippen LogP contribution in [0.3, 0.4) is 0 Å². The predicted octanol–water partition coefficient (Wildman–Crippen LogP) is 3.67. The van der Waals surface area contributed by atoms with Crippen molar-refractivity contribution < 1.29 is 9.59 Å². The molecule has 0 unspecified atom stereocenters. The van der Waals surface area contributed by atoms with Crippen LogP contribution in [0.2, 0.25) is 0 Å². The summed E-state index contributed by atoms with van der Waals surface area (Å²) < 4.78 is 0.